The van der Waals surface area contributed by atoms with E-state index >= 15 is 0 Å². The molecule has 4 atom stereocenters. The van der Waals surface area contributed by atoms with Gasteiger partial charge >= 0.3 is 0 Å². The first kappa shape index (κ1) is 55.6. The summed E-state index contributed by atoms with van der Waals surface area (Å²) in [7, 11) is 0. The normalized spacial score (nSPS) is 16.4. The second-order valence-corrected chi connectivity index (χ2v) is 21.9. The molecule has 4 nitrogen and oxygen atoms in total. The molecule has 388 valence electrons. The molecule has 0 amide bonds. The van der Waals surface area contributed by atoms with Crippen molar-refractivity contribution in [2.45, 2.75) is 101 Å². The molecule has 0 heterocycles. The monoisotopic (exact) mass is 1190 g/mol. The molecule has 0 radical (unpaired) electrons. The second-order valence-electron chi connectivity index (χ2n) is 19.5. The SMILES string of the molecule is BrCCCCCBr.BrCCCCCOc1ccc([C@@H]2c3ccc(OCc4ccccc4)cc3CC[C@@H]2c2ccccc2)cc1.Oc1ccc([C@@H]2c3ccc(OCc4ccccc4)cc3CC[C@@H]2c2ccccc2)cc1. The van der Waals surface area contributed by atoms with E-state index in [1.54, 1.807) is 12.1 Å². The van der Waals surface area contributed by atoms with Crippen LogP contribution in [0.15, 0.2) is 206 Å². The van der Waals surface area contributed by atoms with E-state index in [1.807, 2.05) is 24.3 Å². The zero-order chi connectivity index (χ0) is 51.9. The molecule has 0 saturated carbocycles. The largest absolute Gasteiger partial charge is 0.508 e. The number of hydrogen-bond donors (Lipinski definition) is 1. The topological polar surface area (TPSA) is 47.9 Å². The highest BCUT2D eigenvalue weighted by atomic mass is 79.9. The van der Waals surface area contributed by atoms with Crippen molar-refractivity contribution in [1.29, 1.82) is 0 Å². The highest BCUT2D eigenvalue weighted by Gasteiger charge is 2.34. The summed E-state index contributed by atoms with van der Waals surface area (Å²) in [6, 6.07) is 72.2. The number of alkyl halides is 3. The quantitative estimate of drug-likeness (QED) is 0.0610. The number of phenolic OH excluding ortho intramolecular Hbond substituents is 1. The summed E-state index contributed by atoms with van der Waals surface area (Å²) >= 11 is 10.2. The van der Waals surface area contributed by atoms with Crippen molar-refractivity contribution >= 4 is 47.8 Å². The molecule has 7 heteroatoms. The Morgan fingerprint density at radius 1 is 0.373 bits per heavy atom. The molecule has 8 aromatic rings. The van der Waals surface area contributed by atoms with Crippen LogP contribution in [0.1, 0.15) is 131 Å². The number of aryl methyl sites for hydroxylation is 2. The maximum Gasteiger partial charge on any atom is 0.120 e. The number of halogens is 3. The minimum atomic E-state index is 0.259. The van der Waals surface area contributed by atoms with Gasteiger partial charge in [0.15, 0.2) is 0 Å². The van der Waals surface area contributed by atoms with Gasteiger partial charge in [0.1, 0.15) is 36.2 Å². The molecule has 1 N–H and O–H groups in total. The fourth-order valence-electron chi connectivity index (χ4n) is 10.6. The van der Waals surface area contributed by atoms with Crippen LogP contribution in [0.2, 0.25) is 0 Å². The van der Waals surface area contributed by atoms with E-state index in [2.05, 4.69) is 218 Å². The molecule has 2 aliphatic carbocycles. The van der Waals surface area contributed by atoms with Gasteiger partial charge in [0.2, 0.25) is 0 Å². The predicted octanol–water partition coefficient (Wildman–Crippen LogP) is 18.9. The second kappa shape index (κ2) is 30.2. The molecular weight excluding hydrogens is 1120 g/mol. The lowest BCUT2D eigenvalue weighted by Gasteiger charge is -2.35. The number of hydrogen-bond acceptors (Lipinski definition) is 4. The lowest BCUT2D eigenvalue weighted by Crippen LogP contribution is -2.20. The summed E-state index contributed by atoms with van der Waals surface area (Å²) in [5.41, 5.74) is 13.3. The van der Waals surface area contributed by atoms with Crippen molar-refractivity contribution in [2.75, 3.05) is 22.6 Å². The number of benzene rings is 8. The summed E-state index contributed by atoms with van der Waals surface area (Å²) in [6.45, 7) is 1.94. The van der Waals surface area contributed by atoms with Crippen molar-refractivity contribution in [3.63, 3.8) is 0 Å². The number of aromatic hydroxyl groups is 1. The summed E-state index contributed by atoms with van der Waals surface area (Å²) in [5, 5.41) is 13.2. The average molecular weight is 1190 g/mol. The maximum absolute atomic E-state index is 9.81. The van der Waals surface area contributed by atoms with Crippen LogP contribution in [0, 0.1) is 0 Å². The van der Waals surface area contributed by atoms with Crippen molar-refractivity contribution in [3.8, 4) is 23.0 Å². The summed E-state index contributed by atoms with van der Waals surface area (Å²) in [5.74, 6) is 4.56. The Kier molecular flexibility index (Phi) is 22.4. The average Bonchev–Trinajstić information content (AvgIpc) is 3.47. The lowest BCUT2D eigenvalue weighted by molar-refractivity contribution is 0.305. The molecule has 0 aliphatic heterocycles. The van der Waals surface area contributed by atoms with E-state index in [9.17, 15) is 5.11 Å². The minimum absolute atomic E-state index is 0.259. The maximum atomic E-state index is 9.81. The zero-order valence-electron chi connectivity index (χ0n) is 43.1. The van der Waals surface area contributed by atoms with Crippen LogP contribution in [0.3, 0.4) is 0 Å². The fraction of sp³-hybridized carbons (Fsp3) is 0.294. The zero-order valence-corrected chi connectivity index (χ0v) is 47.8. The molecular formula is C68H71Br3O4. The highest BCUT2D eigenvalue weighted by Crippen LogP contribution is 2.49. The first-order valence-electron chi connectivity index (χ1n) is 26.9. The van der Waals surface area contributed by atoms with Crippen LogP contribution in [-0.2, 0) is 26.1 Å². The van der Waals surface area contributed by atoms with Gasteiger partial charge in [-0.25, -0.2) is 0 Å². The number of phenols is 1. The van der Waals surface area contributed by atoms with E-state index in [1.165, 1.54) is 87.7 Å². The van der Waals surface area contributed by atoms with E-state index in [0.717, 1.165) is 71.9 Å². The molecule has 75 heavy (non-hydrogen) atoms. The number of unbranched alkanes of at least 4 members (excludes halogenated alkanes) is 4. The van der Waals surface area contributed by atoms with Gasteiger partial charge in [-0.3, -0.25) is 0 Å². The molecule has 0 bridgehead atoms. The van der Waals surface area contributed by atoms with Gasteiger partial charge in [-0.2, -0.15) is 0 Å². The van der Waals surface area contributed by atoms with Crippen molar-refractivity contribution in [3.05, 3.63) is 262 Å². The Morgan fingerprint density at radius 2 is 0.760 bits per heavy atom. The summed E-state index contributed by atoms with van der Waals surface area (Å²) < 4.78 is 18.3. The molecule has 0 unspecified atom stereocenters. The molecule has 8 aromatic carbocycles. The van der Waals surface area contributed by atoms with Gasteiger partial charge in [0, 0.05) is 27.8 Å². The Labute approximate surface area is 472 Å². The highest BCUT2D eigenvalue weighted by molar-refractivity contribution is 9.09. The number of fused-ring (bicyclic) bond motifs is 2. The Morgan fingerprint density at radius 3 is 1.19 bits per heavy atom. The third-order valence-electron chi connectivity index (χ3n) is 14.4. The Balaban J connectivity index is 0.000000179. The molecule has 0 aromatic heterocycles. The third-order valence-corrected chi connectivity index (χ3v) is 16.1. The van der Waals surface area contributed by atoms with Crippen LogP contribution < -0.4 is 14.2 Å². The van der Waals surface area contributed by atoms with E-state index in [-0.39, 0.29) is 5.92 Å². The van der Waals surface area contributed by atoms with E-state index < -0.39 is 0 Å². The Hall–Kier alpha value is -5.60. The standard InChI is InChI=1S/C34H35BrO2.C29H26O2.C5H10Br2/c35-22-8-3-9-23-36-30-17-14-28(15-18-30)34-32(27-12-6-2-7-13-27)20-16-29-24-31(19-21-33(29)34)37-25-26-10-4-1-5-11-26;30-25-14-11-23(12-15-25)29-27(22-9-5-2-6-10-22)17-13-24-19-26(16-18-28(24)29)31-20-21-7-3-1-4-8-21;6-4-2-1-3-5-7/h1-2,4-7,10-15,17-19,21,24,32,34H,3,8-9,16,20,22-23,25H2;1-12,14-16,18-19,27,29-30H,13,17,20H2;1-5H2/t32-,34+;27-,29+;/m11./s1. The van der Waals surface area contributed by atoms with Gasteiger partial charge in [-0.05, 0) is 174 Å². The van der Waals surface area contributed by atoms with E-state index in [0.29, 0.717) is 36.7 Å². The van der Waals surface area contributed by atoms with Gasteiger partial charge < -0.3 is 19.3 Å². The van der Waals surface area contributed by atoms with Crippen molar-refractivity contribution < 1.29 is 19.3 Å². The van der Waals surface area contributed by atoms with Crippen LogP contribution in [-0.4, -0.2) is 27.7 Å². The Bertz CT molecular complexity index is 2860. The smallest absolute Gasteiger partial charge is 0.120 e. The van der Waals surface area contributed by atoms with Gasteiger partial charge in [0.05, 0.1) is 6.61 Å². The molecule has 2 aliphatic rings. The van der Waals surface area contributed by atoms with Gasteiger partial charge in [-0.15, -0.1) is 0 Å². The minimum Gasteiger partial charge on any atom is -0.508 e. The van der Waals surface area contributed by atoms with Gasteiger partial charge in [0.25, 0.3) is 0 Å². The number of ether oxygens (including phenoxy) is 3. The van der Waals surface area contributed by atoms with Crippen molar-refractivity contribution in [2.24, 2.45) is 0 Å². The first-order valence-corrected chi connectivity index (χ1v) is 30.3. The van der Waals surface area contributed by atoms with Crippen LogP contribution in [0.25, 0.3) is 0 Å². The van der Waals surface area contributed by atoms with Crippen molar-refractivity contribution in [1.82, 2.24) is 0 Å². The van der Waals surface area contributed by atoms with Crippen LogP contribution in [0.5, 0.6) is 23.0 Å². The summed E-state index contributed by atoms with van der Waals surface area (Å²) in [6.07, 6.45) is 11.7. The molecule has 0 fully saturated rings. The fourth-order valence-corrected chi connectivity index (χ4v) is 11.8. The van der Waals surface area contributed by atoms with Crippen LogP contribution in [0.4, 0.5) is 0 Å². The third kappa shape index (κ3) is 16.4. The molecule has 0 saturated heterocycles. The molecule has 10 rings (SSSR count). The number of rotatable bonds is 20. The predicted molar refractivity (Wildman–Crippen MR) is 322 cm³/mol. The molecule has 0 spiro atoms. The van der Waals surface area contributed by atoms with E-state index in [4.69, 9.17) is 14.2 Å². The first-order chi connectivity index (χ1) is 37.0. The lowest BCUT2D eigenvalue weighted by atomic mass is 9.69. The van der Waals surface area contributed by atoms with Gasteiger partial charge in [-0.1, -0.05) is 212 Å². The summed E-state index contributed by atoms with van der Waals surface area (Å²) in [4.78, 5) is 0. The van der Waals surface area contributed by atoms with Crippen LogP contribution >= 0.6 is 47.8 Å².